The number of hydrogen-bond donors (Lipinski definition) is 2. The number of benzene rings is 2. The molecule has 140 valence electrons. The fourth-order valence-electron chi connectivity index (χ4n) is 1.97. The van der Waals surface area contributed by atoms with Crippen LogP contribution in [0.15, 0.2) is 41.3 Å². The lowest BCUT2D eigenvalue weighted by Crippen LogP contribution is -2.41. The van der Waals surface area contributed by atoms with Gasteiger partial charge in [0.25, 0.3) is 0 Å². The Morgan fingerprint density at radius 3 is 2.19 bits per heavy atom. The van der Waals surface area contributed by atoms with E-state index in [1.807, 2.05) is 0 Å². The molecule has 10 heteroatoms. The number of rotatable bonds is 6. The number of methoxy groups -OCH3 is 1. The van der Waals surface area contributed by atoms with E-state index in [1.54, 1.807) is 0 Å². The quantitative estimate of drug-likeness (QED) is 0.670. The van der Waals surface area contributed by atoms with Crippen LogP contribution in [-0.4, -0.2) is 27.5 Å². The molecule has 0 fully saturated rings. The Bertz CT molecular complexity index is 918. The zero-order valence-electron chi connectivity index (χ0n) is 13.7. The normalized spacial score (nSPS) is 12.5. The molecule has 6 nitrogen and oxygen atoms in total. The maximum Gasteiger partial charge on any atom is 0.242 e. The molecule has 1 atom stereocenters. The molecule has 0 aliphatic carbocycles. The lowest BCUT2D eigenvalue weighted by Gasteiger charge is -2.15. The lowest BCUT2D eigenvalue weighted by atomic mass is 10.3. The summed E-state index contributed by atoms with van der Waals surface area (Å²) in [6.45, 7) is 1.40. The highest BCUT2D eigenvalue weighted by atomic mass is 35.5. The van der Waals surface area contributed by atoms with Crippen molar-refractivity contribution >= 4 is 56.4 Å². The third-order valence-corrected chi connectivity index (χ3v) is 5.95. The number of sulfonamides is 1. The van der Waals surface area contributed by atoms with Gasteiger partial charge >= 0.3 is 0 Å². The van der Waals surface area contributed by atoms with Crippen LogP contribution in [-0.2, 0) is 14.8 Å². The molecular weight excluding hydrogens is 423 g/mol. The van der Waals surface area contributed by atoms with Crippen molar-refractivity contribution in [3.63, 3.8) is 0 Å². The van der Waals surface area contributed by atoms with Gasteiger partial charge in [0, 0.05) is 0 Å². The first-order chi connectivity index (χ1) is 12.1. The molecule has 0 aliphatic heterocycles. The number of anilines is 1. The first-order valence-corrected chi connectivity index (χ1v) is 9.87. The maximum atomic E-state index is 12.4. The fourth-order valence-corrected chi connectivity index (χ4v) is 3.77. The van der Waals surface area contributed by atoms with Gasteiger partial charge in [0.1, 0.15) is 5.75 Å². The van der Waals surface area contributed by atoms with Crippen molar-refractivity contribution in [2.24, 2.45) is 0 Å². The summed E-state index contributed by atoms with van der Waals surface area (Å²) in [6.07, 6.45) is 0. The number of nitrogens with one attached hydrogen (secondary N) is 2. The third-order valence-electron chi connectivity index (χ3n) is 3.36. The van der Waals surface area contributed by atoms with Crippen molar-refractivity contribution < 1.29 is 17.9 Å². The molecule has 1 amide bonds. The van der Waals surface area contributed by atoms with Crippen LogP contribution in [0.3, 0.4) is 0 Å². The predicted molar refractivity (Wildman–Crippen MR) is 103 cm³/mol. The second kappa shape index (κ2) is 8.45. The highest BCUT2D eigenvalue weighted by molar-refractivity contribution is 7.89. The van der Waals surface area contributed by atoms with Crippen LogP contribution in [0.25, 0.3) is 0 Å². The lowest BCUT2D eigenvalue weighted by molar-refractivity contribution is -0.117. The van der Waals surface area contributed by atoms with E-state index in [-0.39, 0.29) is 25.7 Å². The first kappa shape index (κ1) is 20.8. The van der Waals surface area contributed by atoms with Crippen LogP contribution in [0.5, 0.6) is 5.75 Å². The number of carbonyl (C=O) groups excluding carboxylic acids is 1. The summed E-state index contributed by atoms with van der Waals surface area (Å²) in [5.41, 5.74) is 0.224. The predicted octanol–water partition coefficient (Wildman–Crippen LogP) is 3.96. The number of hydrogen-bond acceptors (Lipinski definition) is 4. The minimum atomic E-state index is -3.89. The summed E-state index contributed by atoms with van der Waals surface area (Å²) in [4.78, 5) is 12.3. The molecule has 2 aromatic carbocycles. The number of carbonyl (C=O) groups is 1. The van der Waals surface area contributed by atoms with Crippen molar-refractivity contribution in [2.75, 3.05) is 12.4 Å². The summed E-state index contributed by atoms with van der Waals surface area (Å²) in [7, 11) is -2.42. The van der Waals surface area contributed by atoms with E-state index in [9.17, 15) is 13.2 Å². The van der Waals surface area contributed by atoms with Gasteiger partial charge in [0.2, 0.25) is 15.9 Å². The molecule has 0 aromatic heterocycles. The SMILES string of the molecule is COc1ccc(S(=O)(=O)N[C@@H](C)C(=O)Nc2cc(Cl)c(Cl)cc2Cl)cc1. The van der Waals surface area contributed by atoms with E-state index in [0.29, 0.717) is 5.75 Å². The Morgan fingerprint density at radius 1 is 1.04 bits per heavy atom. The zero-order chi connectivity index (χ0) is 19.5. The van der Waals surface area contributed by atoms with E-state index in [4.69, 9.17) is 39.5 Å². The Balaban J connectivity index is 2.11. The standard InChI is InChI=1S/C16H15Cl3N2O4S/c1-9(16(22)20-15-8-13(18)12(17)7-14(15)19)21-26(23,24)11-5-3-10(25-2)4-6-11/h3-9,21H,1-2H3,(H,20,22)/t9-/m0/s1. The Hall–Kier alpha value is -1.51. The van der Waals surface area contributed by atoms with Crippen molar-refractivity contribution in [2.45, 2.75) is 17.9 Å². The summed E-state index contributed by atoms with van der Waals surface area (Å²) in [6, 6.07) is 7.47. The van der Waals surface area contributed by atoms with Gasteiger partial charge in [-0.25, -0.2) is 8.42 Å². The van der Waals surface area contributed by atoms with Crippen LogP contribution >= 0.6 is 34.8 Å². The first-order valence-electron chi connectivity index (χ1n) is 7.26. The molecule has 0 saturated carbocycles. The van der Waals surface area contributed by atoms with Crippen molar-refractivity contribution in [3.8, 4) is 5.75 Å². The highest BCUT2D eigenvalue weighted by Gasteiger charge is 2.23. The van der Waals surface area contributed by atoms with Crippen molar-refractivity contribution in [1.82, 2.24) is 4.72 Å². The van der Waals surface area contributed by atoms with E-state index in [0.717, 1.165) is 0 Å². The van der Waals surface area contributed by atoms with Crippen molar-refractivity contribution in [3.05, 3.63) is 51.5 Å². The van der Waals surface area contributed by atoms with Gasteiger partial charge in [-0.1, -0.05) is 34.8 Å². The van der Waals surface area contributed by atoms with Gasteiger partial charge in [0.15, 0.2) is 0 Å². The molecule has 0 spiro atoms. The van der Waals surface area contributed by atoms with Gasteiger partial charge < -0.3 is 10.1 Å². The van der Waals surface area contributed by atoms with Crippen LogP contribution in [0, 0.1) is 0 Å². The molecule has 2 aromatic rings. The van der Waals surface area contributed by atoms with E-state index >= 15 is 0 Å². The number of halogens is 3. The second-order valence-electron chi connectivity index (χ2n) is 5.25. The second-order valence-corrected chi connectivity index (χ2v) is 8.19. The number of ether oxygens (including phenoxy) is 1. The molecular formula is C16H15Cl3N2O4S. The minimum Gasteiger partial charge on any atom is -0.497 e. The van der Waals surface area contributed by atoms with Gasteiger partial charge in [-0.3, -0.25) is 4.79 Å². The topological polar surface area (TPSA) is 84.5 Å². The van der Waals surface area contributed by atoms with Crippen LogP contribution in [0.2, 0.25) is 15.1 Å². The van der Waals surface area contributed by atoms with Gasteiger partial charge in [-0.05, 0) is 43.3 Å². The zero-order valence-corrected chi connectivity index (χ0v) is 16.8. The average Bonchev–Trinajstić information content (AvgIpc) is 2.59. The van der Waals surface area contributed by atoms with Gasteiger partial charge in [-0.2, -0.15) is 4.72 Å². The Labute approximate surface area is 166 Å². The molecule has 2 N–H and O–H groups in total. The van der Waals surface area contributed by atoms with E-state index in [1.165, 1.54) is 50.4 Å². The Morgan fingerprint density at radius 2 is 1.62 bits per heavy atom. The third kappa shape index (κ3) is 5.02. The summed E-state index contributed by atoms with van der Waals surface area (Å²) in [5.74, 6) is -0.0913. The molecule has 2 rings (SSSR count). The number of amides is 1. The summed E-state index contributed by atoms with van der Waals surface area (Å²) in [5, 5.41) is 3.13. The highest BCUT2D eigenvalue weighted by Crippen LogP contribution is 2.32. The smallest absolute Gasteiger partial charge is 0.242 e. The van der Waals surface area contributed by atoms with Crippen molar-refractivity contribution in [1.29, 1.82) is 0 Å². The largest absolute Gasteiger partial charge is 0.497 e. The molecule has 0 radical (unpaired) electrons. The van der Waals surface area contributed by atoms with Crippen LogP contribution < -0.4 is 14.8 Å². The average molecular weight is 438 g/mol. The molecule has 0 aliphatic rings. The molecule has 0 bridgehead atoms. The molecule has 0 heterocycles. The molecule has 0 unspecified atom stereocenters. The minimum absolute atomic E-state index is 0.00511. The van der Waals surface area contributed by atoms with Crippen LogP contribution in [0.1, 0.15) is 6.92 Å². The fraction of sp³-hybridized carbons (Fsp3) is 0.188. The monoisotopic (exact) mass is 436 g/mol. The van der Waals surface area contributed by atoms with Crippen LogP contribution in [0.4, 0.5) is 5.69 Å². The van der Waals surface area contributed by atoms with Gasteiger partial charge in [-0.15, -0.1) is 0 Å². The Kier molecular flexibility index (Phi) is 6.76. The summed E-state index contributed by atoms with van der Waals surface area (Å²) < 4.78 is 32.0. The molecule has 26 heavy (non-hydrogen) atoms. The summed E-state index contributed by atoms with van der Waals surface area (Å²) >= 11 is 17.7. The maximum absolute atomic E-state index is 12.4. The van der Waals surface area contributed by atoms with E-state index in [2.05, 4.69) is 10.0 Å². The molecule has 0 saturated heterocycles. The van der Waals surface area contributed by atoms with Gasteiger partial charge in [0.05, 0.1) is 38.8 Å². The van der Waals surface area contributed by atoms with E-state index < -0.39 is 22.0 Å².